The van der Waals surface area contributed by atoms with Gasteiger partial charge in [0.2, 0.25) is 5.91 Å². The van der Waals surface area contributed by atoms with Gasteiger partial charge in [0, 0.05) is 39.6 Å². The molecule has 1 aromatic rings. The monoisotopic (exact) mass is 410 g/mol. The van der Waals surface area contributed by atoms with Gasteiger partial charge in [-0.15, -0.1) is 0 Å². The van der Waals surface area contributed by atoms with Gasteiger partial charge in [0.25, 0.3) is 0 Å². The van der Waals surface area contributed by atoms with E-state index in [4.69, 9.17) is 4.74 Å². The highest BCUT2D eigenvalue weighted by Crippen LogP contribution is 2.13. The van der Waals surface area contributed by atoms with Crippen molar-refractivity contribution in [2.75, 3.05) is 38.8 Å². The van der Waals surface area contributed by atoms with Crippen molar-refractivity contribution >= 4 is 21.7 Å². The number of guanidine groups is 1. The van der Waals surface area contributed by atoms with Gasteiger partial charge in [-0.1, -0.05) is 12.1 Å². The molecular weight excluding hydrogens is 380 g/mol. The predicted octanol–water partition coefficient (Wildman–Crippen LogP) is 0.786. The van der Waals surface area contributed by atoms with E-state index in [0.717, 1.165) is 11.3 Å². The fourth-order valence-corrected chi connectivity index (χ4v) is 4.76. The molecule has 2 N–H and O–H groups in total. The van der Waals surface area contributed by atoms with E-state index in [2.05, 4.69) is 15.6 Å². The molecule has 28 heavy (non-hydrogen) atoms. The number of amides is 1. The zero-order valence-electron chi connectivity index (χ0n) is 16.8. The van der Waals surface area contributed by atoms with Crippen molar-refractivity contribution in [2.45, 2.75) is 32.4 Å². The summed E-state index contributed by atoms with van der Waals surface area (Å²) in [7, 11) is 0.631. The highest BCUT2D eigenvalue weighted by atomic mass is 32.2. The third kappa shape index (κ3) is 7.03. The molecule has 1 aliphatic rings. The molecule has 0 aromatic heterocycles. The molecule has 1 saturated heterocycles. The van der Waals surface area contributed by atoms with Crippen molar-refractivity contribution in [1.29, 1.82) is 0 Å². The predicted molar refractivity (Wildman–Crippen MR) is 110 cm³/mol. The Hall–Kier alpha value is -2.29. The number of hydrogen-bond donors (Lipinski definition) is 2. The summed E-state index contributed by atoms with van der Waals surface area (Å²) in [5, 5.41) is 5.95. The first-order valence-electron chi connectivity index (χ1n) is 9.46. The molecule has 1 amide bonds. The van der Waals surface area contributed by atoms with E-state index >= 15 is 0 Å². The van der Waals surface area contributed by atoms with Crippen molar-refractivity contribution in [3.63, 3.8) is 0 Å². The van der Waals surface area contributed by atoms with Crippen LogP contribution in [-0.4, -0.2) is 70.0 Å². The van der Waals surface area contributed by atoms with Crippen molar-refractivity contribution in [3.8, 4) is 5.75 Å². The number of sulfone groups is 1. The fourth-order valence-electron chi connectivity index (χ4n) is 3.09. The molecule has 0 bridgehead atoms. The molecule has 1 aromatic carbocycles. The Morgan fingerprint density at radius 3 is 2.61 bits per heavy atom. The van der Waals surface area contributed by atoms with Gasteiger partial charge in [0.05, 0.1) is 18.1 Å². The molecule has 0 aliphatic carbocycles. The summed E-state index contributed by atoms with van der Waals surface area (Å²) in [5.74, 6) is 1.57. The number of carbonyl (C=O) groups is 1. The highest BCUT2D eigenvalue weighted by molar-refractivity contribution is 7.91. The molecule has 0 radical (unpaired) electrons. The van der Waals surface area contributed by atoms with Crippen LogP contribution in [0.1, 0.15) is 25.3 Å². The van der Waals surface area contributed by atoms with E-state index in [0.29, 0.717) is 32.1 Å². The Morgan fingerprint density at radius 1 is 1.32 bits per heavy atom. The molecule has 1 heterocycles. The number of rotatable bonds is 8. The van der Waals surface area contributed by atoms with Gasteiger partial charge in [0.15, 0.2) is 15.8 Å². The van der Waals surface area contributed by atoms with Gasteiger partial charge >= 0.3 is 0 Å². The van der Waals surface area contributed by atoms with Crippen LogP contribution in [0.4, 0.5) is 0 Å². The van der Waals surface area contributed by atoms with Gasteiger partial charge in [0.1, 0.15) is 5.75 Å². The second kappa shape index (κ2) is 10.3. The zero-order valence-corrected chi connectivity index (χ0v) is 17.6. The molecule has 9 heteroatoms. The maximum absolute atomic E-state index is 12.0. The summed E-state index contributed by atoms with van der Waals surface area (Å²) in [4.78, 5) is 18.2. The summed E-state index contributed by atoms with van der Waals surface area (Å²) >= 11 is 0. The van der Waals surface area contributed by atoms with Gasteiger partial charge in [-0.05, 0) is 31.0 Å². The van der Waals surface area contributed by atoms with Crippen molar-refractivity contribution in [1.82, 2.24) is 15.5 Å². The van der Waals surface area contributed by atoms with Crippen molar-refractivity contribution in [2.24, 2.45) is 4.99 Å². The summed E-state index contributed by atoms with van der Waals surface area (Å²) in [6.07, 6.45) is 0.750. The second-order valence-corrected chi connectivity index (χ2v) is 9.05. The van der Waals surface area contributed by atoms with E-state index in [1.807, 2.05) is 43.1 Å². The zero-order chi connectivity index (χ0) is 20.6. The first-order chi connectivity index (χ1) is 13.3. The van der Waals surface area contributed by atoms with Gasteiger partial charge in [-0.3, -0.25) is 9.79 Å². The molecule has 0 saturated carbocycles. The molecule has 156 valence electrons. The normalized spacial score (nSPS) is 18.5. The maximum Gasteiger partial charge on any atom is 0.222 e. The molecular formula is C19H30N4O4S. The van der Waals surface area contributed by atoms with Gasteiger partial charge < -0.3 is 20.3 Å². The number of carbonyl (C=O) groups excluding carboxylic acids is 1. The quantitative estimate of drug-likeness (QED) is 0.485. The van der Waals surface area contributed by atoms with Crippen LogP contribution in [0.15, 0.2) is 29.3 Å². The molecule has 1 fully saturated rings. The third-order valence-corrected chi connectivity index (χ3v) is 6.23. The van der Waals surface area contributed by atoms with E-state index in [1.54, 1.807) is 7.05 Å². The average molecular weight is 411 g/mol. The van der Waals surface area contributed by atoms with Crippen LogP contribution in [0.2, 0.25) is 0 Å². The molecule has 2 rings (SSSR count). The number of aliphatic imine (C=N–C) groups is 1. The smallest absolute Gasteiger partial charge is 0.222 e. The lowest BCUT2D eigenvalue weighted by Crippen LogP contribution is -2.41. The Labute approximate surface area is 167 Å². The van der Waals surface area contributed by atoms with E-state index in [1.165, 1.54) is 0 Å². The Kier molecular flexibility index (Phi) is 8.10. The van der Waals surface area contributed by atoms with E-state index in [9.17, 15) is 13.2 Å². The first-order valence-corrected chi connectivity index (χ1v) is 11.3. The van der Waals surface area contributed by atoms with E-state index < -0.39 is 9.84 Å². The number of hydrogen-bond acceptors (Lipinski definition) is 5. The summed E-state index contributed by atoms with van der Waals surface area (Å²) < 4.78 is 28.3. The Morgan fingerprint density at radius 2 is 2.04 bits per heavy atom. The lowest BCUT2D eigenvalue weighted by atomic mass is 10.2. The van der Waals surface area contributed by atoms with Crippen LogP contribution in [0.25, 0.3) is 0 Å². The van der Waals surface area contributed by atoms with Crippen LogP contribution in [-0.2, 0) is 21.2 Å². The molecule has 1 aliphatic heterocycles. The van der Waals surface area contributed by atoms with Gasteiger partial charge in [-0.2, -0.15) is 0 Å². The average Bonchev–Trinajstić information content (AvgIpc) is 2.98. The van der Waals surface area contributed by atoms with Crippen LogP contribution in [0, 0.1) is 0 Å². The molecule has 0 spiro atoms. The van der Waals surface area contributed by atoms with Crippen LogP contribution >= 0.6 is 0 Å². The third-order valence-electron chi connectivity index (χ3n) is 4.46. The van der Waals surface area contributed by atoms with Gasteiger partial charge in [-0.25, -0.2) is 8.42 Å². The van der Waals surface area contributed by atoms with E-state index in [-0.39, 0.29) is 29.9 Å². The number of nitrogens with one attached hydrogen (secondary N) is 2. The first kappa shape index (κ1) is 22.0. The minimum Gasteiger partial charge on any atom is -0.494 e. The number of ether oxygens (including phenoxy) is 1. The number of benzene rings is 1. The largest absolute Gasteiger partial charge is 0.494 e. The van der Waals surface area contributed by atoms with Crippen LogP contribution < -0.4 is 15.4 Å². The standard InChI is InChI=1S/C19H30N4O4S/c1-4-27-17-7-5-15(6-8-17)13-23(3)19(20-2)21-11-9-18(24)22-16-10-12-28(25,26)14-16/h5-8,16H,4,9-14H2,1-3H3,(H,20,21)(H,22,24). The molecule has 8 nitrogen and oxygen atoms in total. The summed E-state index contributed by atoms with van der Waals surface area (Å²) in [6.45, 7) is 3.68. The SMILES string of the molecule is CCOc1ccc(CN(C)C(=NC)NCCC(=O)NC2CCS(=O)(=O)C2)cc1. The summed E-state index contributed by atoms with van der Waals surface area (Å²) in [5.41, 5.74) is 1.12. The minimum atomic E-state index is -2.99. The van der Waals surface area contributed by atoms with Crippen LogP contribution in [0.3, 0.4) is 0 Å². The highest BCUT2D eigenvalue weighted by Gasteiger charge is 2.28. The lowest BCUT2D eigenvalue weighted by Gasteiger charge is -2.22. The van der Waals surface area contributed by atoms with Crippen LogP contribution in [0.5, 0.6) is 5.75 Å². The summed E-state index contributed by atoms with van der Waals surface area (Å²) in [6, 6.07) is 7.64. The maximum atomic E-state index is 12.0. The second-order valence-electron chi connectivity index (χ2n) is 6.82. The number of nitrogens with zero attached hydrogens (tertiary/aromatic N) is 2. The fraction of sp³-hybridized carbons (Fsp3) is 0.579. The minimum absolute atomic E-state index is 0.0403. The van der Waals surface area contributed by atoms with Crippen molar-refractivity contribution in [3.05, 3.63) is 29.8 Å². The molecule has 1 atom stereocenters. The molecule has 1 unspecified atom stereocenters. The Bertz CT molecular complexity index is 778. The lowest BCUT2D eigenvalue weighted by molar-refractivity contribution is -0.121. The van der Waals surface area contributed by atoms with Crippen molar-refractivity contribution < 1.29 is 17.9 Å². The Balaban J connectivity index is 1.74. The topological polar surface area (TPSA) is 100 Å².